The fraction of sp³-hybridized carbons (Fsp3) is 0.190. The van der Waals surface area contributed by atoms with E-state index in [0.29, 0.717) is 29.4 Å². The summed E-state index contributed by atoms with van der Waals surface area (Å²) in [6.07, 6.45) is 2.40. The average Bonchev–Trinajstić information content (AvgIpc) is 2.68. The molecule has 0 saturated heterocycles. The smallest absolute Gasteiger partial charge is 0.330 e. The highest BCUT2D eigenvalue weighted by atomic mass is 32.1. The first kappa shape index (κ1) is 18.8. The molecule has 0 N–H and O–H groups in total. The first-order valence-corrected chi connectivity index (χ1v) is 9.35. The van der Waals surface area contributed by atoms with Gasteiger partial charge in [0.05, 0.1) is 6.61 Å². The van der Waals surface area contributed by atoms with Gasteiger partial charge in [0.2, 0.25) is 0 Å². The van der Waals surface area contributed by atoms with Crippen molar-refractivity contribution in [3.05, 3.63) is 65.3 Å². The molecule has 6 heteroatoms. The van der Waals surface area contributed by atoms with Crippen LogP contribution in [0.3, 0.4) is 0 Å². The summed E-state index contributed by atoms with van der Waals surface area (Å²) in [6.45, 7) is 3.55. The number of rotatable bonds is 7. The Kier molecular flexibility index (Phi) is 5.98. The zero-order valence-corrected chi connectivity index (χ0v) is 15.4. The Morgan fingerprint density at radius 2 is 1.81 bits per heavy atom. The standard InChI is InChI=1S/C21H18O5S/c1-2-19(22)25-12-6-5-9-20(23)26-14-10-11-18-16(13-14)21(24)15-7-3-4-8-17(15)27-18/h2-4,7-8,10-11,13H,1,5-6,9,12H2. The summed E-state index contributed by atoms with van der Waals surface area (Å²) in [5.74, 6) is -0.512. The van der Waals surface area contributed by atoms with Gasteiger partial charge in [-0.25, -0.2) is 4.79 Å². The van der Waals surface area contributed by atoms with Gasteiger partial charge in [-0.2, -0.15) is 0 Å². The van der Waals surface area contributed by atoms with Crippen LogP contribution in [-0.4, -0.2) is 18.5 Å². The number of ether oxygens (including phenoxy) is 2. The number of esters is 2. The monoisotopic (exact) mass is 382 g/mol. The summed E-state index contributed by atoms with van der Waals surface area (Å²) in [5.41, 5.74) is -0.0683. The number of hydrogen-bond acceptors (Lipinski definition) is 6. The van der Waals surface area contributed by atoms with Gasteiger partial charge in [-0.05, 0) is 43.2 Å². The predicted molar refractivity (Wildman–Crippen MR) is 106 cm³/mol. The van der Waals surface area contributed by atoms with Crippen LogP contribution in [0.25, 0.3) is 20.2 Å². The van der Waals surface area contributed by atoms with E-state index in [-0.39, 0.29) is 24.4 Å². The van der Waals surface area contributed by atoms with E-state index in [0.717, 1.165) is 15.5 Å². The second-order valence-electron chi connectivity index (χ2n) is 5.89. The van der Waals surface area contributed by atoms with Crippen LogP contribution in [0, 0.1) is 0 Å². The van der Waals surface area contributed by atoms with Crippen LogP contribution in [-0.2, 0) is 14.3 Å². The second-order valence-corrected chi connectivity index (χ2v) is 6.97. The summed E-state index contributed by atoms with van der Waals surface area (Å²) >= 11 is 1.53. The van der Waals surface area contributed by atoms with Gasteiger partial charge in [0.25, 0.3) is 0 Å². The molecular formula is C21H18O5S. The molecule has 27 heavy (non-hydrogen) atoms. The van der Waals surface area contributed by atoms with Gasteiger partial charge >= 0.3 is 11.9 Å². The van der Waals surface area contributed by atoms with Crippen molar-refractivity contribution >= 4 is 43.4 Å². The Balaban J connectivity index is 1.65. The quantitative estimate of drug-likeness (QED) is 0.201. The Morgan fingerprint density at radius 1 is 1.04 bits per heavy atom. The van der Waals surface area contributed by atoms with Crippen molar-refractivity contribution in [1.29, 1.82) is 0 Å². The van der Waals surface area contributed by atoms with Gasteiger partial charge in [0.15, 0.2) is 5.43 Å². The molecule has 138 valence electrons. The SMILES string of the molecule is C=CC(=O)OCCCCC(=O)Oc1ccc2sc3ccccc3c(=O)c2c1. The summed E-state index contributed by atoms with van der Waals surface area (Å²) in [4.78, 5) is 35.6. The number of benzene rings is 2. The maximum Gasteiger partial charge on any atom is 0.330 e. The van der Waals surface area contributed by atoms with E-state index in [9.17, 15) is 14.4 Å². The molecule has 0 atom stereocenters. The molecule has 1 aromatic heterocycles. The summed E-state index contributed by atoms with van der Waals surface area (Å²) < 4.78 is 12.0. The third kappa shape index (κ3) is 4.60. The van der Waals surface area contributed by atoms with Crippen molar-refractivity contribution < 1.29 is 19.1 Å². The Bertz CT molecular complexity index is 1070. The van der Waals surface area contributed by atoms with Crippen LogP contribution in [0.15, 0.2) is 59.9 Å². The van der Waals surface area contributed by atoms with Crippen LogP contribution < -0.4 is 10.2 Å². The third-order valence-corrected chi connectivity index (χ3v) is 5.12. The number of fused-ring (bicyclic) bond motifs is 2. The van der Waals surface area contributed by atoms with Crippen LogP contribution >= 0.6 is 11.3 Å². The van der Waals surface area contributed by atoms with E-state index in [2.05, 4.69) is 6.58 Å². The number of hydrogen-bond donors (Lipinski definition) is 0. The van der Waals surface area contributed by atoms with E-state index >= 15 is 0 Å². The Labute approximate surface area is 159 Å². The predicted octanol–water partition coefficient (Wildman–Crippen LogP) is 4.22. The molecule has 0 amide bonds. The van der Waals surface area contributed by atoms with Crippen LogP contribution in [0.2, 0.25) is 0 Å². The van der Waals surface area contributed by atoms with Gasteiger partial charge < -0.3 is 9.47 Å². The topological polar surface area (TPSA) is 69.7 Å². The first-order valence-electron chi connectivity index (χ1n) is 8.54. The molecule has 0 aliphatic rings. The second kappa shape index (κ2) is 8.60. The van der Waals surface area contributed by atoms with Crippen molar-refractivity contribution in [3.8, 4) is 5.75 Å². The van der Waals surface area contributed by atoms with Crippen LogP contribution in [0.1, 0.15) is 19.3 Å². The van der Waals surface area contributed by atoms with E-state index in [1.807, 2.05) is 18.2 Å². The third-order valence-electron chi connectivity index (χ3n) is 3.97. The van der Waals surface area contributed by atoms with E-state index < -0.39 is 5.97 Å². The van der Waals surface area contributed by atoms with Gasteiger partial charge in [-0.3, -0.25) is 9.59 Å². The maximum atomic E-state index is 12.7. The summed E-state index contributed by atoms with van der Waals surface area (Å²) in [6, 6.07) is 12.6. The Morgan fingerprint density at radius 3 is 2.63 bits per heavy atom. The molecular weight excluding hydrogens is 364 g/mol. The molecule has 0 spiro atoms. The minimum Gasteiger partial charge on any atom is -0.463 e. The van der Waals surface area contributed by atoms with E-state index in [1.165, 1.54) is 11.3 Å². The molecule has 1 heterocycles. The number of carbonyl (C=O) groups excluding carboxylic acids is 2. The zero-order valence-electron chi connectivity index (χ0n) is 14.6. The van der Waals surface area contributed by atoms with Gasteiger partial charge in [0, 0.05) is 32.7 Å². The van der Waals surface area contributed by atoms with Crippen molar-refractivity contribution in [1.82, 2.24) is 0 Å². The molecule has 0 aliphatic carbocycles. The normalized spacial score (nSPS) is 10.7. The summed E-state index contributed by atoms with van der Waals surface area (Å²) in [5, 5.41) is 1.20. The first-order chi connectivity index (χ1) is 13.1. The molecule has 0 fully saturated rings. The molecule has 3 rings (SSSR count). The summed E-state index contributed by atoms with van der Waals surface area (Å²) in [7, 11) is 0. The highest BCUT2D eigenvalue weighted by molar-refractivity contribution is 7.24. The zero-order chi connectivity index (χ0) is 19.2. The van der Waals surface area contributed by atoms with Crippen LogP contribution in [0.4, 0.5) is 0 Å². The lowest BCUT2D eigenvalue weighted by Crippen LogP contribution is -2.09. The molecule has 0 bridgehead atoms. The molecule has 3 aromatic rings. The molecule has 0 unspecified atom stereocenters. The molecule has 0 radical (unpaired) electrons. The minimum absolute atomic E-state index is 0.0683. The van der Waals surface area contributed by atoms with Crippen molar-refractivity contribution in [2.24, 2.45) is 0 Å². The van der Waals surface area contributed by atoms with Crippen molar-refractivity contribution in [2.45, 2.75) is 19.3 Å². The van der Waals surface area contributed by atoms with Gasteiger partial charge in [-0.15, -0.1) is 11.3 Å². The van der Waals surface area contributed by atoms with E-state index in [1.54, 1.807) is 24.3 Å². The molecule has 5 nitrogen and oxygen atoms in total. The Hall–Kier alpha value is -2.99. The largest absolute Gasteiger partial charge is 0.463 e. The average molecular weight is 382 g/mol. The fourth-order valence-corrected chi connectivity index (χ4v) is 3.68. The van der Waals surface area contributed by atoms with E-state index in [4.69, 9.17) is 9.47 Å². The molecule has 0 saturated carbocycles. The number of carbonyl (C=O) groups is 2. The lowest BCUT2D eigenvalue weighted by Gasteiger charge is -2.06. The highest BCUT2D eigenvalue weighted by Crippen LogP contribution is 2.27. The van der Waals surface area contributed by atoms with Crippen molar-refractivity contribution in [3.63, 3.8) is 0 Å². The van der Waals surface area contributed by atoms with Crippen molar-refractivity contribution in [2.75, 3.05) is 6.61 Å². The van der Waals surface area contributed by atoms with Gasteiger partial charge in [0.1, 0.15) is 5.75 Å². The minimum atomic E-state index is -0.476. The lowest BCUT2D eigenvalue weighted by molar-refractivity contribution is -0.137. The van der Waals surface area contributed by atoms with Gasteiger partial charge in [-0.1, -0.05) is 18.7 Å². The molecule has 2 aromatic carbocycles. The fourth-order valence-electron chi connectivity index (χ4n) is 2.63. The maximum absolute atomic E-state index is 12.7. The molecule has 0 aliphatic heterocycles. The number of unbranched alkanes of at least 4 members (excludes halogenated alkanes) is 1. The lowest BCUT2D eigenvalue weighted by atomic mass is 10.2. The van der Waals surface area contributed by atoms with Crippen LogP contribution in [0.5, 0.6) is 5.75 Å². The highest BCUT2D eigenvalue weighted by Gasteiger charge is 2.10.